The van der Waals surface area contributed by atoms with Crippen molar-refractivity contribution >= 4 is 23.1 Å². The molecule has 0 spiro atoms. The molecule has 1 heterocycles. The molecule has 1 unspecified atom stereocenters. The predicted octanol–water partition coefficient (Wildman–Crippen LogP) is 1.11. The normalized spacial score (nSPS) is 12.5. The van der Waals surface area contributed by atoms with Crippen LogP contribution < -0.4 is 11.1 Å². The Morgan fingerprint density at radius 3 is 2.92 bits per heavy atom. The summed E-state index contributed by atoms with van der Waals surface area (Å²) in [5.41, 5.74) is 6.10. The number of aliphatic hydroxyl groups is 1. The van der Waals surface area contributed by atoms with Gasteiger partial charge in [-0.05, 0) is 13.0 Å². The summed E-state index contributed by atoms with van der Waals surface area (Å²) in [7, 11) is 0. The lowest BCUT2D eigenvalue weighted by Gasteiger charge is -2.11. The zero-order valence-electron chi connectivity index (χ0n) is 7.29. The van der Waals surface area contributed by atoms with Gasteiger partial charge in [0.2, 0.25) is 0 Å². The van der Waals surface area contributed by atoms with Crippen molar-refractivity contribution in [1.29, 1.82) is 0 Å². The summed E-state index contributed by atoms with van der Waals surface area (Å²) in [6, 6.07) is 3.17. The van der Waals surface area contributed by atoms with Gasteiger partial charge in [0.15, 0.2) is 0 Å². The second-order valence-corrected chi connectivity index (χ2v) is 3.22. The van der Waals surface area contributed by atoms with Crippen LogP contribution in [0.15, 0.2) is 12.1 Å². The topological polar surface area (TPSA) is 71.2 Å². The first kappa shape index (κ1) is 10.1. The van der Waals surface area contributed by atoms with E-state index in [4.69, 9.17) is 22.4 Å². The quantitative estimate of drug-likeness (QED) is 0.641. The highest BCUT2D eigenvalue weighted by atomic mass is 35.5. The van der Waals surface area contributed by atoms with Crippen LogP contribution in [0.25, 0.3) is 0 Å². The van der Waals surface area contributed by atoms with Crippen LogP contribution in [0.3, 0.4) is 0 Å². The molecule has 0 bridgehead atoms. The molecule has 1 rings (SSSR count). The summed E-state index contributed by atoms with van der Waals surface area (Å²) in [6.45, 7) is 1.87. The van der Waals surface area contributed by atoms with E-state index in [1.807, 2.05) is 6.92 Å². The van der Waals surface area contributed by atoms with Gasteiger partial charge in [-0.1, -0.05) is 11.6 Å². The number of hydrogen-bond donors (Lipinski definition) is 3. The third kappa shape index (κ3) is 3.08. The Balaban J connectivity index is 2.77. The van der Waals surface area contributed by atoms with Gasteiger partial charge >= 0.3 is 0 Å². The summed E-state index contributed by atoms with van der Waals surface area (Å²) < 4.78 is 0. The Morgan fingerprint density at radius 1 is 1.69 bits per heavy atom. The smallest absolute Gasteiger partial charge is 0.133 e. The third-order valence-corrected chi connectivity index (χ3v) is 1.68. The molecule has 13 heavy (non-hydrogen) atoms. The molecule has 1 aromatic rings. The van der Waals surface area contributed by atoms with Gasteiger partial charge in [0.1, 0.15) is 11.0 Å². The lowest BCUT2D eigenvalue weighted by atomic mass is 10.3. The van der Waals surface area contributed by atoms with Crippen LogP contribution in [0.5, 0.6) is 0 Å². The van der Waals surface area contributed by atoms with E-state index in [9.17, 15) is 0 Å². The Labute approximate surface area is 81.7 Å². The number of pyridine rings is 1. The summed E-state index contributed by atoms with van der Waals surface area (Å²) in [4.78, 5) is 3.99. The molecule has 0 aromatic carbocycles. The van der Waals surface area contributed by atoms with Crippen molar-refractivity contribution in [3.05, 3.63) is 17.3 Å². The lowest BCUT2D eigenvalue weighted by Crippen LogP contribution is -2.20. The van der Waals surface area contributed by atoms with Crippen LogP contribution in [0.4, 0.5) is 11.5 Å². The summed E-state index contributed by atoms with van der Waals surface area (Å²) in [5.74, 6) is 0.576. The fourth-order valence-corrected chi connectivity index (χ4v) is 1.11. The first-order chi connectivity index (χ1) is 6.11. The highest BCUT2D eigenvalue weighted by Gasteiger charge is 2.02. The standard InChI is InChI=1S/C8H12ClN3O/c1-5(4-13)11-8-3-6(10)2-7(9)12-8/h2-3,5,13H,4H2,1H3,(H3,10,11,12). The summed E-state index contributed by atoms with van der Waals surface area (Å²) in [5, 5.41) is 12.1. The molecule has 4 N–H and O–H groups in total. The van der Waals surface area contributed by atoms with E-state index in [-0.39, 0.29) is 12.6 Å². The number of hydrogen-bond acceptors (Lipinski definition) is 4. The average molecular weight is 202 g/mol. The largest absolute Gasteiger partial charge is 0.399 e. The molecule has 72 valence electrons. The van der Waals surface area contributed by atoms with Gasteiger partial charge < -0.3 is 16.2 Å². The highest BCUT2D eigenvalue weighted by Crippen LogP contribution is 2.16. The van der Waals surface area contributed by atoms with E-state index >= 15 is 0 Å². The number of aliphatic hydroxyl groups excluding tert-OH is 1. The summed E-state index contributed by atoms with van der Waals surface area (Å²) >= 11 is 5.68. The summed E-state index contributed by atoms with van der Waals surface area (Å²) in [6.07, 6.45) is 0. The van der Waals surface area contributed by atoms with Gasteiger partial charge in [0.05, 0.1) is 6.61 Å². The molecule has 0 radical (unpaired) electrons. The Morgan fingerprint density at radius 2 is 2.38 bits per heavy atom. The predicted molar refractivity (Wildman–Crippen MR) is 53.8 cm³/mol. The molecule has 0 aliphatic heterocycles. The van der Waals surface area contributed by atoms with Gasteiger partial charge in [0, 0.05) is 17.8 Å². The zero-order chi connectivity index (χ0) is 9.84. The molecule has 1 aromatic heterocycles. The van der Waals surface area contributed by atoms with Gasteiger partial charge in [-0.2, -0.15) is 0 Å². The fraction of sp³-hybridized carbons (Fsp3) is 0.375. The van der Waals surface area contributed by atoms with Crippen LogP contribution in [-0.4, -0.2) is 22.7 Å². The van der Waals surface area contributed by atoms with E-state index in [2.05, 4.69) is 10.3 Å². The molecule has 0 aliphatic carbocycles. The maximum absolute atomic E-state index is 8.78. The molecule has 5 heteroatoms. The van der Waals surface area contributed by atoms with Crippen LogP contribution in [0.1, 0.15) is 6.92 Å². The van der Waals surface area contributed by atoms with Crippen LogP contribution in [0, 0.1) is 0 Å². The Bertz CT molecular complexity index is 272. The molecule has 4 nitrogen and oxygen atoms in total. The third-order valence-electron chi connectivity index (χ3n) is 1.48. The first-order valence-corrected chi connectivity index (χ1v) is 4.30. The van der Waals surface area contributed by atoms with Crippen molar-refractivity contribution in [3.8, 4) is 0 Å². The number of halogens is 1. The molecule has 0 amide bonds. The number of nitrogen functional groups attached to an aromatic ring is 1. The van der Waals surface area contributed by atoms with Crippen LogP contribution in [-0.2, 0) is 0 Å². The first-order valence-electron chi connectivity index (χ1n) is 3.92. The monoisotopic (exact) mass is 201 g/mol. The number of nitrogens with one attached hydrogen (secondary N) is 1. The Kier molecular flexibility index (Phi) is 3.33. The van der Waals surface area contributed by atoms with Gasteiger partial charge in [-0.15, -0.1) is 0 Å². The molecular weight excluding hydrogens is 190 g/mol. The van der Waals surface area contributed by atoms with Crippen molar-refractivity contribution in [2.75, 3.05) is 17.7 Å². The van der Waals surface area contributed by atoms with E-state index in [1.165, 1.54) is 0 Å². The highest BCUT2D eigenvalue weighted by molar-refractivity contribution is 6.29. The van der Waals surface area contributed by atoms with E-state index in [0.29, 0.717) is 16.7 Å². The second-order valence-electron chi connectivity index (χ2n) is 2.84. The van der Waals surface area contributed by atoms with Crippen LogP contribution >= 0.6 is 11.6 Å². The number of nitrogens with two attached hydrogens (primary N) is 1. The van der Waals surface area contributed by atoms with Gasteiger partial charge in [0.25, 0.3) is 0 Å². The molecule has 0 aliphatic rings. The van der Waals surface area contributed by atoms with Crippen molar-refractivity contribution in [3.63, 3.8) is 0 Å². The van der Waals surface area contributed by atoms with Crippen molar-refractivity contribution in [1.82, 2.24) is 4.98 Å². The molecule has 1 atom stereocenters. The maximum Gasteiger partial charge on any atom is 0.133 e. The van der Waals surface area contributed by atoms with E-state index in [0.717, 1.165) is 0 Å². The molecular formula is C8H12ClN3O. The second kappa shape index (κ2) is 4.30. The molecule has 0 fully saturated rings. The van der Waals surface area contributed by atoms with Gasteiger partial charge in [-0.3, -0.25) is 0 Å². The number of nitrogens with zero attached hydrogens (tertiary/aromatic N) is 1. The van der Waals surface area contributed by atoms with Crippen LogP contribution in [0.2, 0.25) is 5.15 Å². The van der Waals surface area contributed by atoms with E-state index < -0.39 is 0 Å². The van der Waals surface area contributed by atoms with Crippen molar-refractivity contribution in [2.45, 2.75) is 13.0 Å². The minimum absolute atomic E-state index is 0.0358. The molecule has 0 saturated carbocycles. The lowest BCUT2D eigenvalue weighted by molar-refractivity contribution is 0.281. The minimum Gasteiger partial charge on any atom is -0.399 e. The molecule has 0 saturated heterocycles. The zero-order valence-corrected chi connectivity index (χ0v) is 8.04. The van der Waals surface area contributed by atoms with Crippen molar-refractivity contribution < 1.29 is 5.11 Å². The Hall–Kier alpha value is -1.00. The number of rotatable bonds is 3. The van der Waals surface area contributed by atoms with E-state index in [1.54, 1.807) is 12.1 Å². The van der Waals surface area contributed by atoms with Crippen molar-refractivity contribution in [2.24, 2.45) is 0 Å². The fourth-order valence-electron chi connectivity index (χ4n) is 0.889. The SMILES string of the molecule is CC(CO)Nc1cc(N)cc(Cl)n1. The average Bonchev–Trinajstić information content (AvgIpc) is 2.02. The number of anilines is 2. The maximum atomic E-state index is 8.78. The van der Waals surface area contributed by atoms with Gasteiger partial charge in [-0.25, -0.2) is 4.98 Å². The minimum atomic E-state index is -0.0645. The number of aromatic nitrogens is 1.